The van der Waals surface area contributed by atoms with E-state index in [4.69, 9.17) is 4.84 Å². The summed E-state index contributed by atoms with van der Waals surface area (Å²) in [6.07, 6.45) is -0.860. The number of fused-ring (bicyclic) bond motifs is 1. The van der Waals surface area contributed by atoms with E-state index < -0.39 is 18.1 Å². The number of amides is 2. The lowest BCUT2D eigenvalue weighted by Gasteiger charge is -2.30. The Hall–Kier alpha value is -3.64. The maximum atomic E-state index is 13.6. The molecule has 0 spiro atoms. The lowest BCUT2D eigenvalue weighted by molar-refractivity contribution is -0.126. The third-order valence-corrected chi connectivity index (χ3v) is 6.23. The van der Waals surface area contributed by atoms with Crippen LogP contribution in [0, 0.1) is 12.8 Å². The fourth-order valence-electron chi connectivity index (χ4n) is 4.57. The highest BCUT2D eigenvalue weighted by Gasteiger charge is 2.60. The summed E-state index contributed by atoms with van der Waals surface area (Å²) in [5, 5.41) is 1.76. The molecule has 0 N–H and O–H groups in total. The number of carbonyl (C=O) groups excluding carboxylic acids is 2. The van der Waals surface area contributed by atoms with E-state index in [0.717, 1.165) is 22.5 Å². The highest BCUT2D eigenvalue weighted by atomic mass is 16.7. The van der Waals surface area contributed by atoms with Gasteiger partial charge in [0.05, 0.1) is 17.4 Å². The first kappa shape index (κ1) is 20.3. The molecule has 0 aromatic heterocycles. The van der Waals surface area contributed by atoms with E-state index in [-0.39, 0.29) is 11.8 Å². The van der Waals surface area contributed by atoms with Crippen LogP contribution in [0.25, 0.3) is 0 Å². The van der Waals surface area contributed by atoms with Crippen LogP contribution in [0.5, 0.6) is 0 Å². The number of rotatable bonds is 4. The molecule has 3 aromatic rings. The summed E-state index contributed by atoms with van der Waals surface area (Å²) in [6.45, 7) is 2.00. The standard InChI is InChI=1S/C26H25N3O3/c1-17-9-7-8-12-21(17)29-23(18-13-15-19(16-14-18)27(2)3)22-24(32-29)26(31)28(25(22)30)20-10-5-4-6-11-20/h4-16,22-24H,1-3H3. The molecule has 2 heterocycles. The molecule has 2 amide bonds. The molecule has 2 saturated heterocycles. The second kappa shape index (κ2) is 7.80. The van der Waals surface area contributed by atoms with Crippen molar-refractivity contribution in [3.8, 4) is 0 Å². The van der Waals surface area contributed by atoms with E-state index in [9.17, 15) is 9.59 Å². The van der Waals surface area contributed by atoms with Crippen molar-refractivity contribution in [1.82, 2.24) is 0 Å². The SMILES string of the molecule is Cc1ccccc1N1OC2C(=O)N(c3ccccc3)C(=O)C2C1c1ccc(N(C)C)cc1. The Kier molecular flexibility index (Phi) is 4.94. The molecule has 2 fully saturated rings. The van der Waals surface area contributed by atoms with Crippen molar-refractivity contribution in [3.63, 3.8) is 0 Å². The van der Waals surface area contributed by atoms with Gasteiger partial charge in [-0.15, -0.1) is 0 Å². The number of aryl methyl sites for hydroxylation is 1. The molecule has 3 atom stereocenters. The van der Waals surface area contributed by atoms with Gasteiger partial charge in [-0.05, 0) is 48.4 Å². The maximum Gasteiger partial charge on any atom is 0.266 e. The molecular weight excluding hydrogens is 402 g/mol. The number of hydrogen-bond donors (Lipinski definition) is 0. The fraction of sp³-hybridized carbons (Fsp3) is 0.231. The number of imide groups is 1. The van der Waals surface area contributed by atoms with Crippen molar-refractivity contribution in [2.75, 3.05) is 29.0 Å². The van der Waals surface area contributed by atoms with E-state index in [1.165, 1.54) is 4.90 Å². The number of carbonyl (C=O) groups is 2. The van der Waals surface area contributed by atoms with Crippen LogP contribution in [0.1, 0.15) is 17.2 Å². The van der Waals surface area contributed by atoms with Crippen molar-refractivity contribution in [1.29, 1.82) is 0 Å². The Morgan fingerprint density at radius 3 is 2.12 bits per heavy atom. The number of hydrogen-bond acceptors (Lipinski definition) is 5. The van der Waals surface area contributed by atoms with Gasteiger partial charge in [0, 0.05) is 19.8 Å². The zero-order valence-corrected chi connectivity index (χ0v) is 18.3. The molecular formula is C26H25N3O3. The lowest BCUT2D eigenvalue weighted by Crippen LogP contribution is -2.37. The molecule has 3 aromatic carbocycles. The predicted molar refractivity (Wildman–Crippen MR) is 124 cm³/mol. The third-order valence-electron chi connectivity index (χ3n) is 6.23. The quantitative estimate of drug-likeness (QED) is 0.587. The highest BCUT2D eigenvalue weighted by Crippen LogP contribution is 2.48. The Labute approximate surface area is 187 Å². The number of hydroxylamine groups is 1. The summed E-state index contributed by atoms with van der Waals surface area (Å²) in [7, 11) is 3.97. The van der Waals surface area contributed by atoms with Gasteiger partial charge in [-0.1, -0.05) is 48.5 Å². The van der Waals surface area contributed by atoms with Crippen LogP contribution in [-0.4, -0.2) is 32.0 Å². The normalized spacial score (nSPS) is 22.4. The number of benzene rings is 3. The van der Waals surface area contributed by atoms with Crippen LogP contribution in [0.3, 0.4) is 0 Å². The molecule has 2 aliphatic heterocycles. The molecule has 3 unspecified atom stereocenters. The van der Waals surface area contributed by atoms with Crippen LogP contribution in [0.2, 0.25) is 0 Å². The van der Waals surface area contributed by atoms with E-state index in [1.807, 2.05) is 92.6 Å². The first-order chi connectivity index (χ1) is 15.5. The molecule has 0 bridgehead atoms. The van der Waals surface area contributed by atoms with Crippen molar-refractivity contribution in [2.45, 2.75) is 19.1 Å². The number of nitrogens with zero attached hydrogens (tertiary/aromatic N) is 3. The van der Waals surface area contributed by atoms with E-state index >= 15 is 0 Å². The third kappa shape index (κ3) is 3.15. The molecule has 0 radical (unpaired) electrons. The van der Waals surface area contributed by atoms with Crippen LogP contribution in [0.4, 0.5) is 17.1 Å². The van der Waals surface area contributed by atoms with Gasteiger partial charge in [-0.2, -0.15) is 0 Å². The molecule has 32 heavy (non-hydrogen) atoms. The molecule has 0 aliphatic carbocycles. The maximum absolute atomic E-state index is 13.6. The van der Waals surface area contributed by atoms with Crippen molar-refractivity contribution in [3.05, 3.63) is 90.0 Å². The second-order valence-corrected chi connectivity index (χ2v) is 8.44. The summed E-state index contributed by atoms with van der Waals surface area (Å²) in [5.74, 6) is -1.19. The summed E-state index contributed by atoms with van der Waals surface area (Å²) in [5.41, 5.74) is 4.44. The van der Waals surface area contributed by atoms with Gasteiger partial charge >= 0.3 is 0 Å². The van der Waals surface area contributed by atoms with E-state index in [0.29, 0.717) is 5.69 Å². The van der Waals surface area contributed by atoms with Crippen molar-refractivity contribution >= 4 is 28.9 Å². The van der Waals surface area contributed by atoms with Gasteiger partial charge in [0.1, 0.15) is 5.92 Å². The second-order valence-electron chi connectivity index (χ2n) is 8.44. The summed E-state index contributed by atoms with van der Waals surface area (Å²) >= 11 is 0. The van der Waals surface area contributed by atoms with Gasteiger partial charge in [0.15, 0.2) is 6.10 Å². The molecule has 6 heteroatoms. The number of para-hydroxylation sites is 2. The minimum Gasteiger partial charge on any atom is -0.378 e. The fourth-order valence-corrected chi connectivity index (χ4v) is 4.57. The Morgan fingerprint density at radius 1 is 0.812 bits per heavy atom. The van der Waals surface area contributed by atoms with E-state index in [1.54, 1.807) is 17.2 Å². The van der Waals surface area contributed by atoms with Gasteiger partial charge in [0.2, 0.25) is 5.91 Å². The zero-order chi connectivity index (χ0) is 22.4. The van der Waals surface area contributed by atoms with Gasteiger partial charge in [-0.3, -0.25) is 14.4 Å². The predicted octanol–water partition coefficient (Wildman–Crippen LogP) is 4.11. The number of anilines is 3. The smallest absolute Gasteiger partial charge is 0.266 e. The van der Waals surface area contributed by atoms with Crippen LogP contribution in [-0.2, 0) is 14.4 Å². The Balaban J connectivity index is 1.59. The molecule has 5 rings (SSSR count). The largest absolute Gasteiger partial charge is 0.378 e. The summed E-state index contributed by atoms with van der Waals surface area (Å²) in [6, 6.07) is 24.6. The average molecular weight is 428 g/mol. The lowest BCUT2D eigenvalue weighted by atomic mass is 9.90. The molecule has 6 nitrogen and oxygen atoms in total. The Morgan fingerprint density at radius 2 is 1.47 bits per heavy atom. The first-order valence-electron chi connectivity index (χ1n) is 10.7. The highest BCUT2D eigenvalue weighted by molar-refractivity contribution is 6.23. The minimum absolute atomic E-state index is 0.232. The van der Waals surface area contributed by atoms with Crippen LogP contribution in [0.15, 0.2) is 78.9 Å². The van der Waals surface area contributed by atoms with Crippen LogP contribution < -0.4 is 14.9 Å². The van der Waals surface area contributed by atoms with Gasteiger partial charge < -0.3 is 4.90 Å². The summed E-state index contributed by atoms with van der Waals surface area (Å²) in [4.78, 5) is 36.5. The molecule has 2 aliphatic rings. The van der Waals surface area contributed by atoms with Crippen molar-refractivity contribution < 1.29 is 14.4 Å². The average Bonchev–Trinajstić information content (AvgIpc) is 3.30. The van der Waals surface area contributed by atoms with Crippen LogP contribution >= 0.6 is 0 Å². The van der Waals surface area contributed by atoms with Gasteiger partial charge in [0.25, 0.3) is 5.91 Å². The van der Waals surface area contributed by atoms with Gasteiger partial charge in [-0.25, -0.2) is 9.96 Å². The topological polar surface area (TPSA) is 53.1 Å². The zero-order valence-electron chi connectivity index (χ0n) is 18.3. The minimum atomic E-state index is -0.860. The monoisotopic (exact) mass is 427 g/mol. The first-order valence-corrected chi connectivity index (χ1v) is 10.7. The Bertz CT molecular complexity index is 1160. The summed E-state index contributed by atoms with van der Waals surface area (Å²) < 4.78 is 0. The van der Waals surface area contributed by atoms with E-state index in [2.05, 4.69) is 0 Å². The van der Waals surface area contributed by atoms with Crippen molar-refractivity contribution in [2.24, 2.45) is 5.92 Å². The molecule has 0 saturated carbocycles. The molecule has 162 valence electrons.